The summed E-state index contributed by atoms with van der Waals surface area (Å²) >= 11 is 0. The Hall–Kier alpha value is -1.97. The van der Waals surface area contributed by atoms with Crippen LogP contribution in [0.2, 0.25) is 0 Å². The zero-order valence-corrected chi connectivity index (χ0v) is 12.8. The van der Waals surface area contributed by atoms with Gasteiger partial charge in [0, 0.05) is 18.0 Å². The molecule has 0 bridgehead atoms. The highest BCUT2D eigenvalue weighted by Crippen LogP contribution is 2.42. The van der Waals surface area contributed by atoms with E-state index in [-0.39, 0.29) is 0 Å². The topological polar surface area (TPSA) is 53.1 Å². The first-order valence-corrected chi connectivity index (χ1v) is 7.83. The van der Waals surface area contributed by atoms with Crippen molar-refractivity contribution in [2.24, 2.45) is 0 Å². The van der Waals surface area contributed by atoms with Crippen LogP contribution < -0.4 is 10.5 Å². The maximum absolute atomic E-state index is 6.32. The molecule has 4 nitrogen and oxygen atoms in total. The van der Waals surface area contributed by atoms with Gasteiger partial charge >= 0.3 is 0 Å². The van der Waals surface area contributed by atoms with Gasteiger partial charge in [0.1, 0.15) is 23.1 Å². The number of imidazole rings is 1. The molecule has 3 rings (SSSR count). The molecule has 2 aromatic rings. The maximum Gasteiger partial charge on any atom is 0.131 e. The summed E-state index contributed by atoms with van der Waals surface area (Å²) in [6, 6.07) is 8.06. The van der Waals surface area contributed by atoms with E-state index < -0.39 is 0 Å². The molecule has 2 N–H and O–H groups in total. The highest BCUT2D eigenvalue weighted by molar-refractivity contribution is 5.72. The Kier molecular flexibility index (Phi) is 3.86. The third kappa shape index (κ3) is 2.75. The average Bonchev–Trinajstić information content (AvgIpc) is 3.29. The van der Waals surface area contributed by atoms with E-state index in [0.717, 1.165) is 48.2 Å². The molecular weight excluding hydrogens is 262 g/mol. The summed E-state index contributed by atoms with van der Waals surface area (Å²) < 4.78 is 7.85. The number of rotatable bonds is 6. The molecule has 112 valence electrons. The second-order valence-electron chi connectivity index (χ2n) is 5.60. The number of hydrogen-bond acceptors (Lipinski definition) is 3. The Labute approximate surface area is 125 Å². The van der Waals surface area contributed by atoms with Crippen LogP contribution in [0.1, 0.15) is 44.9 Å². The summed E-state index contributed by atoms with van der Waals surface area (Å²) in [5, 5.41) is 0. The van der Waals surface area contributed by atoms with Crippen molar-refractivity contribution in [1.29, 1.82) is 0 Å². The second kappa shape index (κ2) is 5.80. The average molecular weight is 285 g/mol. The first-order chi connectivity index (χ1) is 10.2. The summed E-state index contributed by atoms with van der Waals surface area (Å²) in [5.74, 6) is 3.39. The monoisotopic (exact) mass is 285 g/mol. The van der Waals surface area contributed by atoms with Crippen LogP contribution in [0, 0.1) is 0 Å². The van der Waals surface area contributed by atoms with Gasteiger partial charge in [-0.15, -0.1) is 0 Å². The van der Waals surface area contributed by atoms with Crippen LogP contribution in [0.3, 0.4) is 0 Å². The van der Waals surface area contributed by atoms with Crippen LogP contribution >= 0.6 is 0 Å². The molecular formula is C17H23N3O. The lowest BCUT2D eigenvalue weighted by molar-refractivity contribution is 0.317. The molecule has 0 aliphatic heterocycles. The third-order valence-electron chi connectivity index (χ3n) is 3.88. The van der Waals surface area contributed by atoms with E-state index in [2.05, 4.69) is 18.4 Å². The van der Waals surface area contributed by atoms with E-state index in [0.29, 0.717) is 5.92 Å². The predicted octanol–water partition coefficient (Wildman–Crippen LogP) is 3.82. The van der Waals surface area contributed by atoms with Gasteiger partial charge in [0.25, 0.3) is 0 Å². The van der Waals surface area contributed by atoms with Crippen molar-refractivity contribution in [1.82, 2.24) is 9.55 Å². The summed E-state index contributed by atoms with van der Waals surface area (Å²) in [6.07, 6.45) is 3.47. The van der Waals surface area contributed by atoms with Crippen molar-refractivity contribution in [3.05, 3.63) is 30.1 Å². The molecule has 1 fully saturated rings. The van der Waals surface area contributed by atoms with Gasteiger partial charge in [0.05, 0.1) is 6.61 Å². The van der Waals surface area contributed by atoms with Crippen molar-refractivity contribution in [3.63, 3.8) is 0 Å². The summed E-state index contributed by atoms with van der Waals surface area (Å²) in [5.41, 5.74) is 8.25. The number of aromatic nitrogens is 2. The van der Waals surface area contributed by atoms with E-state index in [1.807, 2.05) is 24.3 Å². The third-order valence-corrected chi connectivity index (χ3v) is 3.88. The molecule has 0 saturated heterocycles. The molecule has 0 spiro atoms. The van der Waals surface area contributed by atoms with Gasteiger partial charge in [-0.05, 0) is 38.3 Å². The van der Waals surface area contributed by atoms with E-state index in [9.17, 15) is 0 Å². The minimum atomic E-state index is 0.598. The van der Waals surface area contributed by atoms with Gasteiger partial charge in [0.15, 0.2) is 0 Å². The molecule has 4 heteroatoms. The molecule has 1 aromatic carbocycles. The number of nitrogens with zero attached hydrogens (tertiary/aromatic N) is 2. The fourth-order valence-corrected chi connectivity index (χ4v) is 2.63. The lowest BCUT2D eigenvalue weighted by Crippen LogP contribution is -2.04. The van der Waals surface area contributed by atoms with Crippen LogP contribution in [-0.4, -0.2) is 16.2 Å². The molecule has 0 atom stereocenters. The number of benzene rings is 1. The quantitative estimate of drug-likeness (QED) is 0.878. The number of nitrogen functional groups attached to an aromatic ring is 1. The van der Waals surface area contributed by atoms with Crippen molar-refractivity contribution in [2.45, 2.75) is 45.6 Å². The minimum absolute atomic E-state index is 0.598. The molecule has 21 heavy (non-hydrogen) atoms. The Morgan fingerprint density at radius 2 is 2.14 bits per heavy atom. The van der Waals surface area contributed by atoms with Crippen molar-refractivity contribution in [2.75, 3.05) is 12.3 Å². The first kappa shape index (κ1) is 14.0. The van der Waals surface area contributed by atoms with E-state index in [4.69, 9.17) is 15.5 Å². The standard InChI is InChI=1S/C17H23N3O/c1-3-10-21-14-7-5-6-13(11-14)15-16(18)20(4-2)17(19-15)12-8-9-12/h5-7,11-12H,3-4,8-10,18H2,1-2H3. The molecule has 1 aromatic heterocycles. The lowest BCUT2D eigenvalue weighted by Gasteiger charge is -2.07. The summed E-state index contributed by atoms with van der Waals surface area (Å²) in [4.78, 5) is 4.82. The van der Waals surface area contributed by atoms with Crippen LogP contribution in [0.5, 0.6) is 5.75 Å². The Bertz CT molecular complexity index is 629. The van der Waals surface area contributed by atoms with Gasteiger partial charge in [-0.1, -0.05) is 19.1 Å². The fraction of sp³-hybridized carbons (Fsp3) is 0.471. The van der Waals surface area contributed by atoms with Gasteiger partial charge in [-0.25, -0.2) is 4.98 Å². The molecule has 0 radical (unpaired) electrons. The lowest BCUT2D eigenvalue weighted by atomic mass is 10.1. The number of hydrogen-bond donors (Lipinski definition) is 1. The molecule has 1 saturated carbocycles. The van der Waals surface area contributed by atoms with Crippen molar-refractivity contribution < 1.29 is 4.74 Å². The van der Waals surface area contributed by atoms with Gasteiger partial charge in [0.2, 0.25) is 0 Å². The number of nitrogens with two attached hydrogens (primary N) is 1. The SMILES string of the molecule is CCCOc1cccc(-c2nc(C3CC3)n(CC)c2N)c1. The smallest absolute Gasteiger partial charge is 0.131 e. The normalized spacial score (nSPS) is 14.4. The maximum atomic E-state index is 6.32. The Morgan fingerprint density at radius 1 is 1.33 bits per heavy atom. The van der Waals surface area contributed by atoms with Gasteiger partial charge in [-0.3, -0.25) is 0 Å². The molecule has 1 aliphatic rings. The molecule has 0 amide bonds. The number of ether oxygens (including phenoxy) is 1. The first-order valence-electron chi connectivity index (χ1n) is 7.83. The fourth-order valence-electron chi connectivity index (χ4n) is 2.63. The van der Waals surface area contributed by atoms with Gasteiger partial charge < -0.3 is 15.0 Å². The summed E-state index contributed by atoms with van der Waals surface area (Å²) in [7, 11) is 0. The zero-order valence-electron chi connectivity index (χ0n) is 12.8. The van der Waals surface area contributed by atoms with Crippen LogP contribution in [0.25, 0.3) is 11.3 Å². The van der Waals surface area contributed by atoms with E-state index in [1.165, 1.54) is 12.8 Å². The van der Waals surface area contributed by atoms with Crippen LogP contribution in [0.15, 0.2) is 24.3 Å². The number of anilines is 1. The van der Waals surface area contributed by atoms with Crippen molar-refractivity contribution >= 4 is 5.82 Å². The molecule has 1 aliphatic carbocycles. The van der Waals surface area contributed by atoms with E-state index >= 15 is 0 Å². The van der Waals surface area contributed by atoms with Crippen LogP contribution in [0.4, 0.5) is 5.82 Å². The van der Waals surface area contributed by atoms with Crippen molar-refractivity contribution in [3.8, 4) is 17.0 Å². The minimum Gasteiger partial charge on any atom is -0.494 e. The van der Waals surface area contributed by atoms with Gasteiger partial charge in [-0.2, -0.15) is 0 Å². The summed E-state index contributed by atoms with van der Waals surface area (Å²) in [6.45, 7) is 5.83. The molecule has 1 heterocycles. The van der Waals surface area contributed by atoms with E-state index in [1.54, 1.807) is 0 Å². The zero-order chi connectivity index (χ0) is 14.8. The highest BCUT2D eigenvalue weighted by Gasteiger charge is 2.30. The second-order valence-corrected chi connectivity index (χ2v) is 5.60. The highest BCUT2D eigenvalue weighted by atomic mass is 16.5. The molecule has 0 unspecified atom stereocenters. The van der Waals surface area contributed by atoms with Crippen LogP contribution in [-0.2, 0) is 6.54 Å². The predicted molar refractivity (Wildman–Crippen MR) is 85.5 cm³/mol. The Morgan fingerprint density at radius 3 is 2.81 bits per heavy atom. The largest absolute Gasteiger partial charge is 0.494 e. The Balaban J connectivity index is 1.96.